The van der Waals surface area contributed by atoms with Crippen LogP contribution in [0.2, 0.25) is 0 Å². The van der Waals surface area contributed by atoms with Crippen molar-refractivity contribution >= 4 is 5.78 Å². The predicted octanol–water partition coefficient (Wildman–Crippen LogP) is 2.75. The molecule has 0 atom stereocenters. The zero-order valence-electron chi connectivity index (χ0n) is 11.4. The van der Waals surface area contributed by atoms with Gasteiger partial charge in [0.1, 0.15) is 5.75 Å². The average Bonchev–Trinajstić information content (AvgIpc) is 2.69. The lowest BCUT2D eigenvalue weighted by atomic mass is 10.0. The molecule has 0 spiro atoms. The maximum Gasteiger partial charge on any atom is 0.176 e. The van der Waals surface area contributed by atoms with Gasteiger partial charge in [-0.1, -0.05) is 12.1 Å². The van der Waals surface area contributed by atoms with Gasteiger partial charge < -0.3 is 4.74 Å². The van der Waals surface area contributed by atoms with E-state index in [0.717, 1.165) is 17.9 Å². The van der Waals surface area contributed by atoms with Crippen molar-refractivity contribution in [2.75, 3.05) is 20.2 Å². The van der Waals surface area contributed by atoms with Crippen LogP contribution in [-0.2, 0) is 0 Å². The van der Waals surface area contributed by atoms with Gasteiger partial charge in [0.15, 0.2) is 5.78 Å². The fourth-order valence-corrected chi connectivity index (χ4v) is 2.52. The smallest absolute Gasteiger partial charge is 0.176 e. The van der Waals surface area contributed by atoms with E-state index in [4.69, 9.17) is 4.74 Å². The summed E-state index contributed by atoms with van der Waals surface area (Å²) in [5, 5.41) is 0. The van der Waals surface area contributed by atoms with Gasteiger partial charge in [-0.3, -0.25) is 9.69 Å². The third-order valence-corrected chi connectivity index (χ3v) is 3.80. The number of carbonyl (C=O) groups excluding carboxylic acids is 1. The SMILES string of the molecule is COc1cccc(C(=O)CN2CCCC2(C)C)c1. The van der Waals surface area contributed by atoms with E-state index >= 15 is 0 Å². The van der Waals surface area contributed by atoms with E-state index in [-0.39, 0.29) is 11.3 Å². The minimum atomic E-state index is 0.147. The van der Waals surface area contributed by atoms with Crippen LogP contribution in [0.4, 0.5) is 0 Å². The third-order valence-electron chi connectivity index (χ3n) is 3.80. The van der Waals surface area contributed by atoms with Gasteiger partial charge in [0, 0.05) is 11.1 Å². The molecule has 1 aromatic rings. The van der Waals surface area contributed by atoms with Crippen LogP contribution in [0, 0.1) is 0 Å². The van der Waals surface area contributed by atoms with E-state index in [0.29, 0.717) is 6.54 Å². The molecule has 1 saturated heterocycles. The molecule has 98 valence electrons. The van der Waals surface area contributed by atoms with Gasteiger partial charge in [-0.2, -0.15) is 0 Å². The van der Waals surface area contributed by atoms with E-state index in [2.05, 4.69) is 18.7 Å². The number of ketones is 1. The summed E-state index contributed by atoms with van der Waals surface area (Å²) in [5.74, 6) is 0.908. The Morgan fingerprint density at radius 1 is 1.44 bits per heavy atom. The molecule has 0 bridgehead atoms. The topological polar surface area (TPSA) is 29.5 Å². The van der Waals surface area contributed by atoms with Crippen molar-refractivity contribution in [2.24, 2.45) is 0 Å². The molecule has 0 amide bonds. The summed E-state index contributed by atoms with van der Waals surface area (Å²) in [6, 6.07) is 7.39. The Bertz CT molecular complexity index is 440. The fraction of sp³-hybridized carbons (Fsp3) is 0.533. The number of hydrogen-bond acceptors (Lipinski definition) is 3. The van der Waals surface area contributed by atoms with Crippen molar-refractivity contribution in [3.05, 3.63) is 29.8 Å². The monoisotopic (exact) mass is 247 g/mol. The minimum absolute atomic E-state index is 0.147. The number of Topliss-reactive ketones (excluding diaryl/α,β-unsaturated/α-hetero) is 1. The van der Waals surface area contributed by atoms with Gasteiger partial charge in [-0.05, 0) is 45.4 Å². The number of nitrogens with zero attached hydrogens (tertiary/aromatic N) is 1. The summed E-state index contributed by atoms with van der Waals surface area (Å²) in [6.07, 6.45) is 2.34. The van der Waals surface area contributed by atoms with Crippen molar-refractivity contribution in [1.82, 2.24) is 4.90 Å². The molecule has 1 fully saturated rings. The average molecular weight is 247 g/mol. The Morgan fingerprint density at radius 3 is 2.83 bits per heavy atom. The number of carbonyl (C=O) groups is 1. The molecular formula is C15H21NO2. The molecule has 2 rings (SSSR count). The summed E-state index contributed by atoms with van der Waals surface area (Å²) in [6.45, 7) is 5.93. The lowest BCUT2D eigenvalue weighted by Crippen LogP contribution is -2.41. The van der Waals surface area contributed by atoms with E-state index in [1.165, 1.54) is 12.8 Å². The highest BCUT2D eigenvalue weighted by Gasteiger charge is 2.32. The Morgan fingerprint density at radius 2 is 2.22 bits per heavy atom. The van der Waals surface area contributed by atoms with Crippen LogP contribution in [-0.4, -0.2) is 36.4 Å². The molecule has 1 heterocycles. The molecule has 1 aromatic carbocycles. The molecule has 0 N–H and O–H groups in total. The largest absolute Gasteiger partial charge is 0.497 e. The molecule has 18 heavy (non-hydrogen) atoms. The molecule has 3 heteroatoms. The molecule has 0 unspecified atom stereocenters. The lowest BCUT2D eigenvalue weighted by molar-refractivity contribution is 0.0871. The highest BCUT2D eigenvalue weighted by molar-refractivity contribution is 5.98. The van der Waals surface area contributed by atoms with Gasteiger partial charge in [-0.25, -0.2) is 0 Å². The maximum atomic E-state index is 12.3. The first kappa shape index (κ1) is 13.1. The summed E-state index contributed by atoms with van der Waals surface area (Å²) < 4.78 is 5.15. The number of benzene rings is 1. The lowest BCUT2D eigenvalue weighted by Gasteiger charge is -2.30. The summed E-state index contributed by atoms with van der Waals surface area (Å²) >= 11 is 0. The summed E-state index contributed by atoms with van der Waals surface area (Å²) in [7, 11) is 1.62. The van der Waals surface area contributed by atoms with E-state index in [1.54, 1.807) is 7.11 Å². The minimum Gasteiger partial charge on any atom is -0.497 e. The van der Waals surface area contributed by atoms with Crippen molar-refractivity contribution in [3.63, 3.8) is 0 Å². The highest BCUT2D eigenvalue weighted by Crippen LogP contribution is 2.28. The Labute approximate surface area is 109 Å². The molecular weight excluding hydrogens is 226 g/mol. The van der Waals surface area contributed by atoms with Crippen LogP contribution in [0.5, 0.6) is 5.75 Å². The number of rotatable bonds is 4. The highest BCUT2D eigenvalue weighted by atomic mass is 16.5. The van der Waals surface area contributed by atoms with Gasteiger partial charge in [0.25, 0.3) is 0 Å². The molecule has 0 aliphatic carbocycles. The molecule has 1 aliphatic rings. The van der Waals surface area contributed by atoms with Crippen LogP contribution in [0.15, 0.2) is 24.3 Å². The molecule has 3 nitrogen and oxygen atoms in total. The van der Waals surface area contributed by atoms with Gasteiger partial charge in [0.05, 0.1) is 13.7 Å². The van der Waals surface area contributed by atoms with Crippen molar-refractivity contribution in [2.45, 2.75) is 32.2 Å². The normalized spacial score (nSPS) is 18.8. The predicted molar refractivity (Wildman–Crippen MR) is 72.2 cm³/mol. The molecule has 0 aromatic heterocycles. The summed E-state index contributed by atoms with van der Waals surface area (Å²) in [5.41, 5.74) is 0.881. The molecule has 0 radical (unpaired) electrons. The first-order chi connectivity index (χ1) is 8.53. The zero-order chi connectivity index (χ0) is 13.2. The van der Waals surface area contributed by atoms with Crippen molar-refractivity contribution < 1.29 is 9.53 Å². The third kappa shape index (κ3) is 2.72. The van der Waals surface area contributed by atoms with Crippen molar-refractivity contribution in [3.8, 4) is 5.75 Å². The first-order valence-corrected chi connectivity index (χ1v) is 6.45. The summed E-state index contributed by atoms with van der Waals surface area (Å²) in [4.78, 5) is 14.5. The second-order valence-corrected chi connectivity index (χ2v) is 5.49. The molecule has 0 saturated carbocycles. The second kappa shape index (κ2) is 5.11. The molecule has 1 aliphatic heterocycles. The van der Waals surface area contributed by atoms with Crippen LogP contribution in [0.1, 0.15) is 37.0 Å². The van der Waals surface area contributed by atoms with E-state index < -0.39 is 0 Å². The van der Waals surface area contributed by atoms with Crippen molar-refractivity contribution in [1.29, 1.82) is 0 Å². The number of methoxy groups -OCH3 is 1. The van der Waals surface area contributed by atoms with E-state index in [9.17, 15) is 4.79 Å². The number of ether oxygens (including phenoxy) is 1. The van der Waals surface area contributed by atoms with Gasteiger partial charge >= 0.3 is 0 Å². The van der Waals surface area contributed by atoms with Crippen LogP contribution >= 0.6 is 0 Å². The van der Waals surface area contributed by atoms with Crippen LogP contribution < -0.4 is 4.74 Å². The first-order valence-electron chi connectivity index (χ1n) is 6.45. The number of hydrogen-bond donors (Lipinski definition) is 0. The zero-order valence-corrected chi connectivity index (χ0v) is 11.4. The van der Waals surface area contributed by atoms with Crippen LogP contribution in [0.25, 0.3) is 0 Å². The maximum absolute atomic E-state index is 12.3. The Kier molecular flexibility index (Phi) is 3.71. The quantitative estimate of drug-likeness (QED) is 0.766. The van der Waals surface area contributed by atoms with Gasteiger partial charge in [-0.15, -0.1) is 0 Å². The van der Waals surface area contributed by atoms with Gasteiger partial charge in [0.2, 0.25) is 0 Å². The fourth-order valence-electron chi connectivity index (χ4n) is 2.52. The Balaban J connectivity index is 2.07. The second-order valence-electron chi connectivity index (χ2n) is 5.49. The van der Waals surface area contributed by atoms with E-state index in [1.807, 2.05) is 24.3 Å². The van der Waals surface area contributed by atoms with Crippen LogP contribution in [0.3, 0.4) is 0 Å². The number of likely N-dealkylation sites (tertiary alicyclic amines) is 1. The Hall–Kier alpha value is -1.35. The standard InChI is InChI=1S/C15H21NO2/c1-15(2)8-5-9-16(15)11-14(17)12-6-4-7-13(10-12)18-3/h4,6-7,10H,5,8-9,11H2,1-3H3.